The van der Waals surface area contributed by atoms with Crippen molar-refractivity contribution in [3.8, 4) is 0 Å². The Hall–Kier alpha value is -0.820. The van der Waals surface area contributed by atoms with Crippen LogP contribution in [0.1, 0.15) is 57.1 Å². The van der Waals surface area contributed by atoms with E-state index in [2.05, 4.69) is 42.6 Å². The summed E-state index contributed by atoms with van der Waals surface area (Å²) in [4.78, 5) is 0. The average Bonchev–Trinajstić information content (AvgIpc) is 3.18. The van der Waals surface area contributed by atoms with Crippen molar-refractivity contribution in [2.45, 2.75) is 51.5 Å². The van der Waals surface area contributed by atoms with Gasteiger partial charge in [-0.2, -0.15) is 0 Å². The van der Waals surface area contributed by atoms with Gasteiger partial charge in [-0.05, 0) is 49.0 Å². The van der Waals surface area contributed by atoms with Crippen LogP contribution in [0.4, 0.5) is 0 Å². The predicted octanol–water partition coefficient (Wildman–Crippen LogP) is 4.31. The van der Waals surface area contributed by atoms with Gasteiger partial charge in [-0.1, -0.05) is 43.7 Å². The first-order valence-electron chi connectivity index (χ1n) is 7.61. The summed E-state index contributed by atoms with van der Waals surface area (Å²) in [5.74, 6) is 0.890. The van der Waals surface area contributed by atoms with Gasteiger partial charge in [0.15, 0.2) is 0 Å². The Morgan fingerprint density at radius 2 is 1.94 bits per heavy atom. The summed E-state index contributed by atoms with van der Waals surface area (Å²) in [5, 5.41) is 3.89. The first-order valence-corrected chi connectivity index (χ1v) is 7.61. The van der Waals surface area contributed by atoms with Gasteiger partial charge in [0.1, 0.15) is 0 Å². The molecule has 0 bridgehead atoms. The highest BCUT2D eigenvalue weighted by molar-refractivity contribution is 5.21. The minimum absolute atomic E-state index is 0.607. The van der Waals surface area contributed by atoms with Crippen LogP contribution in [0.25, 0.3) is 0 Å². The van der Waals surface area contributed by atoms with Crippen LogP contribution in [-0.2, 0) is 0 Å². The Kier molecular flexibility index (Phi) is 3.43. The Labute approximate surface area is 111 Å². The lowest BCUT2D eigenvalue weighted by molar-refractivity contribution is 0.117. The minimum atomic E-state index is 0.607. The van der Waals surface area contributed by atoms with Crippen LogP contribution >= 0.6 is 0 Å². The standard InChI is InChI=1S/C17H25N/c1-2-17(11-6-12-17)13-18-16(15-9-10-15)14-7-4-3-5-8-14/h3-5,7-8,15-16,18H,2,6,9-13H2,1H3. The Balaban J connectivity index is 1.64. The number of benzene rings is 1. The van der Waals surface area contributed by atoms with E-state index >= 15 is 0 Å². The Morgan fingerprint density at radius 1 is 1.22 bits per heavy atom. The molecule has 2 saturated carbocycles. The van der Waals surface area contributed by atoms with Crippen molar-refractivity contribution in [3.05, 3.63) is 35.9 Å². The summed E-state index contributed by atoms with van der Waals surface area (Å²) in [5.41, 5.74) is 2.12. The first-order chi connectivity index (χ1) is 8.83. The molecule has 1 aromatic carbocycles. The number of hydrogen-bond donors (Lipinski definition) is 1. The van der Waals surface area contributed by atoms with Gasteiger partial charge in [0.05, 0.1) is 0 Å². The molecule has 0 spiro atoms. The largest absolute Gasteiger partial charge is 0.309 e. The lowest BCUT2D eigenvalue weighted by atomic mass is 9.67. The first kappa shape index (κ1) is 12.2. The normalized spacial score (nSPS) is 23.4. The molecule has 1 nitrogen and oxygen atoms in total. The number of hydrogen-bond acceptors (Lipinski definition) is 1. The lowest BCUT2D eigenvalue weighted by Gasteiger charge is -2.42. The molecule has 0 heterocycles. The molecule has 0 saturated heterocycles. The summed E-state index contributed by atoms with van der Waals surface area (Å²) >= 11 is 0. The van der Waals surface area contributed by atoms with Gasteiger partial charge in [-0.25, -0.2) is 0 Å². The SMILES string of the molecule is CCC1(CNC(c2ccccc2)C2CC2)CCC1. The third kappa shape index (κ3) is 2.47. The van der Waals surface area contributed by atoms with Crippen molar-refractivity contribution < 1.29 is 0 Å². The smallest absolute Gasteiger partial charge is 0.0348 e. The van der Waals surface area contributed by atoms with Crippen LogP contribution in [0.3, 0.4) is 0 Å². The van der Waals surface area contributed by atoms with Crippen molar-refractivity contribution in [2.75, 3.05) is 6.54 Å². The van der Waals surface area contributed by atoms with E-state index in [1.807, 2.05) is 0 Å². The van der Waals surface area contributed by atoms with Crippen LogP contribution in [0, 0.1) is 11.3 Å². The molecule has 0 aliphatic heterocycles. The zero-order chi connectivity index (χ0) is 12.4. The highest BCUT2D eigenvalue weighted by Crippen LogP contribution is 2.45. The van der Waals surface area contributed by atoms with Crippen molar-refractivity contribution in [1.29, 1.82) is 0 Å². The van der Waals surface area contributed by atoms with E-state index in [0.717, 1.165) is 5.92 Å². The summed E-state index contributed by atoms with van der Waals surface area (Å²) in [6.07, 6.45) is 8.46. The maximum atomic E-state index is 3.89. The molecule has 1 N–H and O–H groups in total. The zero-order valence-electron chi connectivity index (χ0n) is 11.5. The fourth-order valence-electron chi connectivity index (χ4n) is 3.31. The molecule has 2 aliphatic carbocycles. The van der Waals surface area contributed by atoms with Crippen molar-refractivity contribution in [2.24, 2.45) is 11.3 Å². The van der Waals surface area contributed by atoms with Gasteiger partial charge < -0.3 is 5.32 Å². The minimum Gasteiger partial charge on any atom is -0.309 e. The maximum absolute atomic E-state index is 3.89. The summed E-state index contributed by atoms with van der Waals surface area (Å²) in [6.45, 7) is 3.58. The van der Waals surface area contributed by atoms with E-state index in [9.17, 15) is 0 Å². The summed E-state index contributed by atoms with van der Waals surface area (Å²) in [7, 11) is 0. The third-order valence-corrected chi connectivity index (χ3v) is 5.11. The van der Waals surface area contributed by atoms with E-state index in [1.165, 1.54) is 50.6 Å². The fourth-order valence-corrected chi connectivity index (χ4v) is 3.31. The van der Waals surface area contributed by atoms with Crippen LogP contribution in [-0.4, -0.2) is 6.54 Å². The van der Waals surface area contributed by atoms with Crippen molar-refractivity contribution >= 4 is 0 Å². The molecule has 18 heavy (non-hydrogen) atoms. The van der Waals surface area contributed by atoms with Gasteiger partial charge in [0.25, 0.3) is 0 Å². The van der Waals surface area contributed by atoms with Gasteiger partial charge in [-0.3, -0.25) is 0 Å². The molecule has 1 unspecified atom stereocenters. The second-order valence-corrected chi connectivity index (χ2v) is 6.31. The number of nitrogens with one attached hydrogen (secondary N) is 1. The zero-order valence-corrected chi connectivity index (χ0v) is 11.5. The molecule has 0 radical (unpaired) electrons. The van der Waals surface area contributed by atoms with E-state index < -0.39 is 0 Å². The Morgan fingerprint density at radius 3 is 2.44 bits per heavy atom. The molecular weight excluding hydrogens is 218 g/mol. The molecule has 0 amide bonds. The van der Waals surface area contributed by atoms with E-state index in [1.54, 1.807) is 0 Å². The quantitative estimate of drug-likeness (QED) is 0.785. The summed E-state index contributed by atoms with van der Waals surface area (Å²) in [6, 6.07) is 11.6. The van der Waals surface area contributed by atoms with Crippen molar-refractivity contribution in [3.63, 3.8) is 0 Å². The molecule has 3 rings (SSSR count). The molecule has 1 aromatic rings. The summed E-state index contributed by atoms with van der Waals surface area (Å²) < 4.78 is 0. The molecule has 0 aromatic heterocycles. The van der Waals surface area contributed by atoms with E-state index in [-0.39, 0.29) is 0 Å². The molecular formula is C17H25N. The van der Waals surface area contributed by atoms with Gasteiger partial charge in [0.2, 0.25) is 0 Å². The van der Waals surface area contributed by atoms with Gasteiger partial charge in [0, 0.05) is 12.6 Å². The molecule has 1 atom stereocenters. The molecule has 1 heteroatoms. The Bertz CT molecular complexity index is 370. The van der Waals surface area contributed by atoms with Crippen LogP contribution in [0.5, 0.6) is 0 Å². The molecule has 2 aliphatic rings. The second kappa shape index (κ2) is 5.05. The average molecular weight is 243 g/mol. The van der Waals surface area contributed by atoms with Crippen LogP contribution in [0.15, 0.2) is 30.3 Å². The van der Waals surface area contributed by atoms with Crippen LogP contribution in [0.2, 0.25) is 0 Å². The molecule has 2 fully saturated rings. The monoisotopic (exact) mass is 243 g/mol. The van der Waals surface area contributed by atoms with E-state index in [0.29, 0.717) is 11.5 Å². The fraction of sp³-hybridized carbons (Fsp3) is 0.647. The number of rotatable bonds is 6. The van der Waals surface area contributed by atoms with Crippen LogP contribution < -0.4 is 5.32 Å². The third-order valence-electron chi connectivity index (χ3n) is 5.11. The van der Waals surface area contributed by atoms with E-state index in [4.69, 9.17) is 0 Å². The topological polar surface area (TPSA) is 12.0 Å². The highest BCUT2D eigenvalue weighted by Gasteiger charge is 2.38. The maximum Gasteiger partial charge on any atom is 0.0348 e. The lowest BCUT2D eigenvalue weighted by Crippen LogP contribution is -2.41. The van der Waals surface area contributed by atoms with Gasteiger partial charge in [-0.15, -0.1) is 0 Å². The van der Waals surface area contributed by atoms with Crippen molar-refractivity contribution in [1.82, 2.24) is 5.32 Å². The predicted molar refractivity (Wildman–Crippen MR) is 76.5 cm³/mol. The highest BCUT2D eigenvalue weighted by atomic mass is 14.9. The van der Waals surface area contributed by atoms with Gasteiger partial charge >= 0.3 is 0 Å². The second-order valence-electron chi connectivity index (χ2n) is 6.31. The molecule has 98 valence electrons.